The summed E-state index contributed by atoms with van der Waals surface area (Å²) in [7, 11) is 3.24. The van der Waals surface area contributed by atoms with Crippen molar-refractivity contribution in [1.29, 1.82) is 0 Å². The van der Waals surface area contributed by atoms with E-state index in [0.29, 0.717) is 13.1 Å². The lowest BCUT2D eigenvalue weighted by Crippen LogP contribution is -2.52. The molecule has 5 nitrogen and oxygen atoms in total. The maximum atomic E-state index is 11.4. The second-order valence-corrected chi connectivity index (χ2v) is 4.10. The lowest BCUT2D eigenvalue weighted by atomic mass is 9.90. The summed E-state index contributed by atoms with van der Waals surface area (Å²) in [5.41, 5.74) is 0. The van der Waals surface area contributed by atoms with Crippen molar-refractivity contribution in [1.82, 2.24) is 10.2 Å². The van der Waals surface area contributed by atoms with E-state index >= 15 is 0 Å². The van der Waals surface area contributed by atoms with Crippen LogP contribution in [0.25, 0.3) is 0 Å². The van der Waals surface area contributed by atoms with Crippen molar-refractivity contribution in [2.24, 2.45) is 5.92 Å². The minimum atomic E-state index is -0.395. The van der Waals surface area contributed by atoms with E-state index in [9.17, 15) is 9.90 Å². The lowest BCUT2D eigenvalue weighted by molar-refractivity contribution is 0.0439. The fourth-order valence-electron chi connectivity index (χ4n) is 1.97. The highest BCUT2D eigenvalue weighted by molar-refractivity contribution is 5.67. The Bertz CT molecular complexity index is 221. The van der Waals surface area contributed by atoms with E-state index in [0.717, 1.165) is 6.42 Å². The van der Waals surface area contributed by atoms with Crippen LogP contribution >= 0.6 is 0 Å². The SMILES string of the molecule is CNC1CC(C(C)O)CN(C(=O)OC)C1. The molecule has 0 bridgehead atoms. The fraction of sp³-hybridized carbons (Fsp3) is 0.900. The molecule has 1 aliphatic heterocycles. The first-order valence-corrected chi connectivity index (χ1v) is 5.26. The van der Waals surface area contributed by atoms with Gasteiger partial charge in [0, 0.05) is 25.0 Å². The normalized spacial score (nSPS) is 28.7. The van der Waals surface area contributed by atoms with E-state index in [-0.39, 0.29) is 18.1 Å². The van der Waals surface area contributed by atoms with E-state index in [1.165, 1.54) is 7.11 Å². The van der Waals surface area contributed by atoms with Gasteiger partial charge in [0.25, 0.3) is 0 Å². The number of methoxy groups -OCH3 is 1. The van der Waals surface area contributed by atoms with Crippen LogP contribution in [-0.2, 0) is 4.74 Å². The van der Waals surface area contributed by atoms with Gasteiger partial charge in [-0.05, 0) is 20.4 Å². The van der Waals surface area contributed by atoms with E-state index in [4.69, 9.17) is 0 Å². The Labute approximate surface area is 90.4 Å². The van der Waals surface area contributed by atoms with Gasteiger partial charge in [-0.2, -0.15) is 0 Å². The Hall–Kier alpha value is -0.810. The predicted octanol–water partition coefficient (Wildman–Crippen LogP) is 0.0435. The van der Waals surface area contributed by atoms with Gasteiger partial charge in [-0.15, -0.1) is 0 Å². The summed E-state index contributed by atoms with van der Waals surface area (Å²) in [5, 5.41) is 12.7. The topological polar surface area (TPSA) is 61.8 Å². The Morgan fingerprint density at radius 3 is 2.73 bits per heavy atom. The average Bonchev–Trinajstić information content (AvgIpc) is 2.27. The van der Waals surface area contributed by atoms with Crippen LogP contribution in [0.5, 0.6) is 0 Å². The first kappa shape index (κ1) is 12.3. The quantitative estimate of drug-likeness (QED) is 0.684. The number of hydrogen-bond acceptors (Lipinski definition) is 4. The van der Waals surface area contributed by atoms with Gasteiger partial charge < -0.3 is 20.1 Å². The van der Waals surface area contributed by atoms with Gasteiger partial charge in [0.1, 0.15) is 0 Å². The fourth-order valence-corrected chi connectivity index (χ4v) is 1.97. The van der Waals surface area contributed by atoms with Gasteiger partial charge in [-0.1, -0.05) is 0 Å². The number of piperidine rings is 1. The van der Waals surface area contributed by atoms with E-state index < -0.39 is 6.10 Å². The number of aliphatic hydroxyl groups is 1. The van der Waals surface area contributed by atoms with Crippen molar-refractivity contribution in [2.75, 3.05) is 27.2 Å². The Kier molecular flexibility index (Phi) is 4.35. The number of likely N-dealkylation sites (N-methyl/N-ethyl adjacent to an activating group) is 1. The summed E-state index contributed by atoms with van der Waals surface area (Å²) in [5.74, 6) is 0.121. The molecule has 0 radical (unpaired) electrons. The minimum Gasteiger partial charge on any atom is -0.453 e. The highest BCUT2D eigenvalue weighted by Gasteiger charge is 2.31. The Morgan fingerprint density at radius 1 is 1.60 bits per heavy atom. The summed E-state index contributed by atoms with van der Waals surface area (Å²) >= 11 is 0. The summed E-state index contributed by atoms with van der Waals surface area (Å²) in [6.45, 7) is 2.98. The zero-order chi connectivity index (χ0) is 11.4. The molecule has 1 fully saturated rings. The van der Waals surface area contributed by atoms with Crippen LogP contribution < -0.4 is 5.32 Å². The number of ether oxygens (including phenoxy) is 1. The zero-order valence-corrected chi connectivity index (χ0v) is 9.56. The third kappa shape index (κ3) is 3.07. The average molecular weight is 216 g/mol. The largest absolute Gasteiger partial charge is 0.453 e. The maximum absolute atomic E-state index is 11.4. The van der Waals surface area contributed by atoms with Crippen LogP contribution in [0.15, 0.2) is 0 Å². The molecule has 0 aliphatic carbocycles. The standard InChI is InChI=1S/C10H20N2O3/c1-7(13)8-4-9(11-2)6-12(5-8)10(14)15-3/h7-9,11,13H,4-6H2,1-3H3. The first-order chi connectivity index (χ1) is 7.08. The molecule has 0 aromatic carbocycles. The summed E-state index contributed by atoms with van der Waals surface area (Å²) in [6.07, 6.45) is 0.177. The number of aliphatic hydroxyl groups excluding tert-OH is 1. The van der Waals surface area contributed by atoms with Gasteiger partial charge in [0.15, 0.2) is 0 Å². The summed E-state index contributed by atoms with van der Waals surface area (Å²) in [6, 6.07) is 0.234. The number of nitrogens with zero attached hydrogens (tertiary/aromatic N) is 1. The monoisotopic (exact) mass is 216 g/mol. The lowest BCUT2D eigenvalue weighted by Gasteiger charge is -2.37. The van der Waals surface area contributed by atoms with Gasteiger partial charge in [0.2, 0.25) is 0 Å². The predicted molar refractivity (Wildman–Crippen MR) is 56.6 cm³/mol. The number of likely N-dealkylation sites (tertiary alicyclic amines) is 1. The maximum Gasteiger partial charge on any atom is 0.409 e. The highest BCUT2D eigenvalue weighted by atomic mass is 16.5. The molecule has 1 aliphatic rings. The van der Waals surface area contributed by atoms with Crippen molar-refractivity contribution in [2.45, 2.75) is 25.5 Å². The molecule has 3 atom stereocenters. The minimum absolute atomic E-state index is 0.121. The zero-order valence-electron chi connectivity index (χ0n) is 9.56. The van der Waals surface area contributed by atoms with Crippen molar-refractivity contribution in [3.05, 3.63) is 0 Å². The molecular weight excluding hydrogens is 196 g/mol. The van der Waals surface area contributed by atoms with Crippen molar-refractivity contribution >= 4 is 6.09 Å². The molecule has 3 unspecified atom stereocenters. The van der Waals surface area contributed by atoms with Crippen molar-refractivity contribution in [3.63, 3.8) is 0 Å². The molecule has 15 heavy (non-hydrogen) atoms. The van der Waals surface area contributed by atoms with Crippen LogP contribution in [-0.4, -0.2) is 55.5 Å². The van der Waals surface area contributed by atoms with E-state index in [1.54, 1.807) is 11.8 Å². The van der Waals surface area contributed by atoms with Gasteiger partial charge >= 0.3 is 6.09 Å². The third-order valence-electron chi connectivity index (χ3n) is 3.01. The molecule has 0 saturated carbocycles. The van der Waals surface area contributed by atoms with Crippen molar-refractivity contribution < 1.29 is 14.6 Å². The molecule has 1 rings (SSSR count). The van der Waals surface area contributed by atoms with Gasteiger partial charge in [-0.25, -0.2) is 4.79 Å². The van der Waals surface area contributed by atoms with Crippen LogP contribution in [0.2, 0.25) is 0 Å². The number of hydrogen-bond donors (Lipinski definition) is 2. The third-order valence-corrected chi connectivity index (χ3v) is 3.01. The van der Waals surface area contributed by atoms with Crippen LogP contribution in [0, 0.1) is 5.92 Å². The van der Waals surface area contributed by atoms with Crippen LogP contribution in [0.4, 0.5) is 4.79 Å². The second kappa shape index (κ2) is 5.32. The Balaban J connectivity index is 2.62. The molecule has 0 aromatic heterocycles. The number of nitrogens with one attached hydrogen (secondary N) is 1. The molecule has 1 heterocycles. The molecule has 0 aromatic rings. The van der Waals surface area contributed by atoms with E-state index in [2.05, 4.69) is 10.1 Å². The number of carbonyl (C=O) groups excluding carboxylic acids is 1. The summed E-state index contributed by atoms with van der Waals surface area (Å²) in [4.78, 5) is 13.0. The summed E-state index contributed by atoms with van der Waals surface area (Å²) < 4.78 is 4.69. The molecule has 2 N–H and O–H groups in total. The van der Waals surface area contributed by atoms with Gasteiger partial charge in [0.05, 0.1) is 13.2 Å². The molecule has 88 valence electrons. The van der Waals surface area contributed by atoms with E-state index in [1.807, 2.05) is 7.05 Å². The Morgan fingerprint density at radius 2 is 2.27 bits per heavy atom. The van der Waals surface area contributed by atoms with Gasteiger partial charge in [-0.3, -0.25) is 0 Å². The second-order valence-electron chi connectivity index (χ2n) is 4.10. The molecule has 5 heteroatoms. The highest BCUT2D eigenvalue weighted by Crippen LogP contribution is 2.20. The number of amides is 1. The van der Waals surface area contributed by atoms with Crippen LogP contribution in [0.3, 0.4) is 0 Å². The van der Waals surface area contributed by atoms with Crippen LogP contribution in [0.1, 0.15) is 13.3 Å². The number of carbonyl (C=O) groups is 1. The smallest absolute Gasteiger partial charge is 0.409 e. The van der Waals surface area contributed by atoms with Crippen molar-refractivity contribution in [3.8, 4) is 0 Å². The molecule has 1 saturated heterocycles. The first-order valence-electron chi connectivity index (χ1n) is 5.26. The molecular formula is C10H20N2O3. The molecule has 0 spiro atoms. The number of rotatable bonds is 2. The molecule has 1 amide bonds.